The molecule has 0 spiro atoms. The molecule has 0 aliphatic heterocycles. The average molecular weight is 471 g/mol. The fourth-order valence-corrected chi connectivity index (χ4v) is 3.94. The molecular weight excluding hydrogens is 443 g/mol. The van der Waals surface area contributed by atoms with E-state index in [1.54, 1.807) is 24.3 Å². The molecule has 35 heavy (non-hydrogen) atoms. The number of oxime groups is 1. The van der Waals surface area contributed by atoms with Crippen molar-refractivity contribution in [1.29, 1.82) is 0 Å². The van der Waals surface area contributed by atoms with Crippen molar-refractivity contribution < 1.29 is 18.8 Å². The summed E-state index contributed by atoms with van der Waals surface area (Å²) in [5.74, 6) is -0.651. The number of carbonyl (C=O) groups is 1. The molecular formula is C29H27FN2O3. The van der Waals surface area contributed by atoms with Crippen LogP contribution >= 0.6 is 0 Å². The van der Waals surface area contributed by atoms with Crippen LogP contribution in [0.2, 0.25) is 0 Å². The summed E-state index contributed by atoms with van der Waals surface area (Å²) in [4.78, 5) is 17.2. The first-order valence-corrected chi connectivity index (χ1v) is 11.3. The summed E-state index contributed by atoms with van der Waals surface area (Å²) in [7, 11) is 1.35. The Hall–Kier alpha value is -4.19. The molecule has 0 saturated heterocycles. The van der Waals surface area contributed by atoms with Crippen molar-refractivity contribution in [2.75, 3.05) is 7.11 Å². The highest BCUT2D eigenvalue weighted by Gasteiger charge is 2.17. The molecule has 3 aromatic carbocycles. The van der Waals surface area contributed by atoms with Gasteiger partial charge in [-0.3, -0.25) is 0 Å². The highest BCUT2D eigenvalue weighted by Crippen LogP contribution is 2.30. The summed E-state index contributed by atoms with van der Waals surface area (Å²) in [5.41, 5.74) is 8.06. The van der Waals surface area contributed by atoms with Gasteiger partial charge in [-0.05, 0) is 86.5 Å². The minimum Gasteiger partial charge on any atom is -0.465 e. The molecule has 0 radical (unpaired) electrons. The third-order valence-corrected chi connectivity index (χ3v) is 5.88. The van der Waals surface area contributed by atoms with Crippen LogP contribution in [-0.2, 0) is 16.2 Å². The highest BCUT2D eigenvalue weighted by molar-refractivity contribution is 6.01. The van der Waals surface area contributed by atoms with Gasteiger partial charge in [0.15, 0.2) is 0 Å². The fourth-order valence-electron chi connectivity index (χ4n) is 3.94. The van der Waals surface area contributed by atoms with E-state index in [2.05, 4.69) is 47.0 Å². The monoisotopic (exact) mass is 470 g/mol. The molecule has 1 aromatic heterocycles. The lowest BCUT2D eigenvalue weighted by Gasteiger charge is -2.13. The van der Waals surface area contributed by atoms with E-state index in [0.717, 1.165) is 39.5 Å². The maximum absolute atomic E-state index is 13.6. The Morgan fingerprint density at radius 1 is 0.943 bits per heavy atom. The summed E-state index contributed by atoms with van der Waals surface area (Å²) in [6, 6.07) is 23.8. The summed E-state index contributed by atoms with van der Waals surface area (Å²) in [5, 5.41) is 4.35. The molecule has 0 fully saturated rings. The lowest BCUT2D eigenvalue weighted by Crippen LogP contribution is -2.03. The number of aromatic nitrogens is 1. The van der Waals surface area contributed by atoms with Crippen LogP contribution in [0.15, 0.2) is 84.0 Å². The quantitative estimate of drug-likeness (QED) is 0.173. The van der Waals surface area contributed by atoms with Gasteiger partial charge < -0.3 is 14.1 Å². The minimum atomic E-state index is -0.378. The molecule has 178 valence electrons. The summed E-state index contributed by atoms with van der Waals surface area (Å²) in [6.07, 6.45) is 0. The number of nitrogens with zero attached hydrogens (tertiary/aromatic N) is 2. The van der Waals surface area contributed by atoms with Gasteiger partial charge in [0.2, 0.25) is 0 Å². The molecule has 0 unspecified atom stereocenters. The van der Waals surface area contributed by atoms with Crippen molar-refractivity contribution in [1.82, 2.24) is 4.57 Å². The van der Waals surface area contributed by atoms with Gasteiger partial charge in [-0.15, -0.1) is 0 Å². The Kier molecular flexibility index (Phi) is 7.11. The number of carbonyl (C=O) groups excluding carboxylic acids is 1. The van der Waals surface area contributed by atoms with Crippen molar-refractivity contribution >= 4 is 11.7 Å². The van der Waals surface area contributed by atoms with Gasteiger partial charge in [0.25, 0.3) is 0 Å². The van der Waals surface area contributed by atoms with Crippen LogP contribution in [0.4, 0.5) is 4.39 Å². The van der Waals surface area contributed by atoms with E-state index in [-0.39, 0.29) is 18.4 Å². The summed E-state index contributed by atoms with van der Waals surface area (Å²) < 4.78 is 20.4. The lowest BCUT2D eigenvalue weighted by molar-refractivity contribution is 0.0600. The van der Waals surface area contributed by atoms with E-state index in [1.807, 2.05) is 26.0 Å². The molecule has 0 bridgehead atoms. The zero-order valence-corrected chi connectivity index (χ0v) is 20.2. The van der Waals surface area contributed by atoms with Gasteiger partial charge in [-0.2, -0.15) is 0 Å². The van der Waals surface area contributed by atoms with Crippen molar-refractivity contribution in [2.45, 2.75) is 27.4 Å². The second-order valence-corrected chi connectivity index (χ2v) is 8.35. The highest BCUT2D eigenvalue weighted by atomic mass is 19.1. The molecule has 0 aliphatic carbocycles. The van der Waals surface area contributed by atoms with Gasteiger partial charge in [-0.1, -0.05) is 35.0 Å². The average Bonchev–Trinajstić information content (AvgIpc) is 3.22. The van der Waals surface area contributed by atoms with Crippen molar-refractivity contribution in [3.63, 3.8) is 0 Å². The van der Waals surface area contributed by atoms with Gasteiger partial charge >= 0.3 is 5.97 Å². The summed E-state index contributed by atoms with van der Waals surface area (Å²) >= 11 is 0. The number of ether oxygens (including phenoxy) is 1. The maximum atomic E-state index is 13.6. The van der Waals surface area contributed by atoms with Crippen LogP contribution < -0.4 is 0 Å². The first kappa shape index (κ1) is 24.0. The Morgan fingerprint density at radius 3 is 2.23 bits per heavy atom. The third kappa shape index (κ3) is 5.32. The van der Waals surface area contributed by atoms with Crippen LogP contribution in [0, 0.1) is 19.7 Å². The molecule has 4 aromatic rings. The molecule has 1 heterocycles. The second kappa shape index (κ2) is 10.4. The van der Waals surface area contributed by atoms with E-state index in [1.165, 1.54) is 24.8 Å². The van der Waals surface area contributed by atoms with Crippen LogP contribution in [0.3, 0.4) is 0 Å². The van der Waals surface area contributed by atoms with E-state index < -0.39 is 0 Å². The molecule has 0 N–H and O–H groups in total. The van der Waals surface area contributed by atoms with E-state index in [9.17, 15) is 9.18 Å². The lowest BCUT2D eigenvalue weighted by atomic mass is 10.1. The number of esters is 1. The van der Waals surface area contributed by atoms with Crippen LogP contribution in [-0.4, -0.2) is 23.4 Å². The summed E-state index contributed by atoms with van der Waals surface area (Å²) in [6.45, 7) is 6.25. The molecule has 6 heteroatoms. The number of hydrogen-bond acceptors (Lipinski definition) is 4. The van der Waals surface area contributed by atoms with Crippen molar-refractivity contribution in [2.24, 2.45) is 5.16 Å². The zero-order valence-electron chi connectivity index (χ0n) is 20.2. The van der Waals surface area contributed by atoms with Crippen LogP contribution in [0.25, 0.3) is 16.9 Å². The number of hydrogen-bond donors (Lipinski definition) is 0. The van der Waals surface area contributed by atoms with Gasteiger partial charge in [0.05, 0.1) is 24.1 Å². The predicted octanol–water partition coefficient (Wildman–Crippen LogP) is 6.63. The zero-order chi connectivity index (χ0) is 24.9. The van der Waals surface area contributed by atoms with Crippen molar-refractivity contribution in [3.05, 3.63) is 113 Å². The van der Waals surface area contributed by atoms with Crippen molar-refractivity contribution in [3.8, 4) is 16.9 Å². The Balaban J connectivity index is 1.62. The molecule has 4 rings (SSSR count). The van der Waals surface area contributed by atoms with Crippen LogP contribution in [0.1, 0.15) is 39.7 Å². The normalized spacial score (nSPS) is 11.4. The molecule has 0 atom stereocenters. The number of benzene rings is 3. The number of halogens is 1. The fraction of sp³-hybridized carbons (Fsp3) is 0.172. The molecule has 0 amide bonds. The van der Waals surface area contributed by atoms with Gasteiger partial charge in [-0.25, -0.2) is 9.18 Å². The Morgan fingerprint density at radius 2 is 1.60 bits per heavy atom. The topological polar surface area (TPSA) is 52.8 Å². The smallest absolute Gasteiger partial charge is 0.337 e. The first-order valence-electron chi connectivity index (χ1n) is 11.3. The predicted molar refractivity (Wildman–Crippen MR) is 135 cm³/mol. The molecule has 0 saturated carbocycles. The number of methoxy groups -OCH3 is 1. The van der Waals surface area contributed by atoms with E-state index in [0.29, 0.717) is 5.56 Å². The van der Waals surface area contributed by atoms with Crippen LogP contribution in [0.5, 0.6) is 0 Å². The second-order valence-electron chi connectivity index (χ2n) is 8.35. The molecule has 0 aliphatic rings. The minimum absolute atomic E-state index is 0.265. The SMILES string of the molecule is COC(=O)c1ccc(CO/N=C(/C)c2cc(-c3ccc(F)cc3)n(-c3ccc(C)cc3)c2C)cc1. The molecule has 5 nitrogen and oxygen atoms in total. The maximum Gasteiger partial charge on any atom is 0.337 e. The number of rotatable bonds is 7. The Bertz CT molecular complexity index is 1350. The largest absolute Gasteiger partial charge is 0.465 e. The van der Waals surface area contributed by atoms with E-state index in [4.69, 9.17) is 9.57 Å². The van der Waals surface area contributed by atoms with Gasteiger partial charge in [0, 0.05) is 16.9 Å². The van der Waals surface area contributed by atoms with E-state index >= 15 is 0 Å². The first-order chi connectivity index (χ1) is 16.9. The standard InChI is InChI=1S/C29H27FN2O3/c1-19-5-15-26(16-6-19)32-21(3)27(17-28(32)23-11-13-25(30)14-12-23)20(2)31-35-18-22-7-9-24(10-8-22)29(33)34-4/h5-17H,18H2,1-4H3/b31-20-. The Labute approximate surface area is 204 Å². The van der Waals surface area contributed by atoms with Gasteiger partial charge in [0.1, 0.15) is 12.4 Å². The third-order valence-electron chi connectivity index (χ3n) is 5.88. The number of aryl methyl sites for hydroxylation is 1.